The molecule has 0 amide bonds. The molecule has 40 heavy (non-hydrogen) atoms. The van der Waals surface area contributed by atoms with Crippen molar-refractivity contribution in [3.05, 3.63) is 94.8 Å². The highest BCUT2D eigenvalue weighted by Crippen LogP contribution is 2.35. The minimum Gasteiger partial charge on any atom is -0.338 e. The Bertz CT molecular complexity index is 2200. The van der Waals surface area contributed by atoms with Crippen molar-refractivity contribution in [2.75, 3.05) is 5.32 Å². The molecule has 0 atom stereocenters. The van der Waals surface area contributed by atoms with Crippen LogP contribution < -0.4 is 22.1 Å². The molecule has 14 heteroatoms. The number of halogens is 3. The molecule has 6 rings (SSSR count). The minimum atomic E-state index is -5.15. The number of rotatable bonds is 5. The first-order valence-electron chi connectivity index (χ1n) is 12.1. The van der Waals surface area contributed by atoms with Crippen LogP contribution in [0.5, 0.6) is 0 Å². The van der Waals surface area contributed by atoms with Crippen molar-refractivity contribution >= 4 is 66.3 Å². The molecule has 1 aliphatic rings. The quantitative estimate of drug-likeness (QED) is 0.222. The van der Waals surface area contributed by atoms with Crippen LogP contribution in [0.3, 0.4) is 0 Å². The van der Waals surface area contributed by atoms with E-state index in [1.165, 1.54) is 59.5 Å². The lowest BCUT2D eigenvalue weighted by Crippen LogP contribution is -2.41. The molecule has 1 saturated carbocycles. The summed E-state index contributed by atoms with van der Waals surface area (Å²) >= 11 is 1.96. The second-order valence-corrected chi connectivity index (χ2v) is 12.1. The average Bonchev–Trinajstić information content (AvgIpc) is 3.61. The van der Waals surface area contributed by atoms with Crippen molar-refractivity contribution in [3.8, 4) is 5.69 Å². The Hall–Kier alpha value is -3.79. The third-order valence-corrected chi connectivity index (χ3v) is 8.55. The van der Waals surface area contributed by atoms with Crippen molar-refractivity contribution in [1.82, 2.24) is 17.7 Å². The third kappa shape index (κ3) is 3.99. The molecule has 0 bridgehead atoms. The molecule has 5 aromatic rings. The van der Waals surface area contributed by atoms with Gasteiger partial charge in [0.15, 0.2) is 0 Å². The van der Waals surface area contributed by atoms with E-state index in [0.29, 0.717) is 20.4 Å². The zero-order valence-electron chi connectivity index (χ0n) is 21.0. The molecule has 1 fully saturated rings. The Kier molecular flexibility index (Phi) is 6.03. The molecule has 1 N–H and O–H groups in total. The first kappa shape index (κ1) is 26.4. The number of aromatic nitrogens is 4. The topological polar surface area (TPSA) is 117 Å². The molecule has 3 aromatic heterocycles. The lowest BCUT2D eigenvalue weighted by atomic mass is 10.1. The van der Waals surface area contributed by atoms with E-state index in [-0.39, 0.29) is 50.6 Å². The summed E-state index contributed by atoms with van der Waals surface area (Å²) in [6, 6.07) is 9.71. The van der Waals surface area contributed by atoms with Crippen LogP contribution in [-0.4, -0.2) is 26.1 Å². The van der Waals surface area contributed by atoms with Crippen LogP contribution in [0, 0.1) is 16.3 Å². The van der Waals surface area contributed by atoms with E-state index >= 15 is 0 Å². The molecule has 0 saturated heterocycles. The fourth-order valence-electron chi connectivity index (χ4n) is 5.07. The highest BCUT2D eigenvalue weighted by molar-refractivity contribution is 14.1. The van der Waals surface area contributed by atoms with Crippen LogP contribution in [0.2, 0.25) is 0 Å². The number of anilines is 2. The van der Waals surface area contributed by atoms with E-state index in [1.54, 1.807) is 6.07 Å². The van der Waals surface area contributed by atoms with Gasteiger partial charge in [0, 0.05) is 33.8 Å². The fraction of sp³-hybridized carbons (Fsp3) is 0.192. The highest BCUT2D eigenvalue weighted by Gasteiger charge is 2.32. The minimum absolute atomic E-state index is 0.0167. The summed E-state index contributed by atoms with van der Waals surface area (Å²) in [5.41, 5.74) is -1.76. The Morgan fingerprint density at radius 1 is 1.05 bits per heavy atom. The van der Waals surface area contributed by atoms with Gasteiger partial charge in [0.05, 0.1) is 22.4 Å². The van der Waals surface area contributed by atoms with Gasteiger partial charge in [-0.05, 0) is 78.8 Å². The molecule has 2 aromatic carbocycles. The summed E-state index contributed by atoms with van der Waals surface area (Å²) in [6.07, 6.45) is 2.19. The number of pyridine rings is 1. The number of hydrogen-bond acceptors (Lipinski definition) is 6. The molecule has 3 heterocycles. The van der Waals surface area contributed by atoms with Crippen LogP contribution in [0.1, 0.15) is 24.4 Å². The van der Waals surface area contributed by atoms with Gasteiger partial charge in [-0.25, -0.2) is 13.2 Å². The predicted octanol–water partition coefficient (Wildman–Crippen LogP) is 4.00. The zero-order valence-corrected chi connectivity index (χ0v) is 24.0. The maximum Gasteiger partial charge on any atom is 0.403 e. The van der Waals surface area contributed by atoms with Gasteiger partial charge in [0.2, 0.25) is 0 Å². The number of benzene rings is 2. The van der Waals surface area contributed by atoms with E-state index in [0.717, 1.165) is 10.8 Å². The fourth-order valence-corrected chi connectivity index (χ4v) is 6.12. The van der Waals surface area contributed by atoms with E-state index in [1.807, 2.05) is 22.6 Å². The lowest BCUT2D eigenvalue weighted by Gasteiger charge is -2.21. The first-order chi connectivity index (χ1) is 18.9. The molecular formula is C26H20F2IN5O5S. The summed E-state index contributed by atoms with van der Waals surface area (Å²) in [5.74, 6) is -0.627. The van der Waals surface area contributed by atoms with Gasteiger partial charge in [-0.15, -0.1) is 0 Å². The molecule has 206 valence electrons. The van der Waals surface area contributed by atoms with Gasteiger partial charge < -0.3 is 5.32 Å². The van der Waals surface area contributed by atoms with Crippen LogP contribution in [0.4, 0.5) is 19.8 Å². The van der Waals surface area contributed by atoms with Crippen LogP contribution in [0.15, 0.2) is 63.0 Å². The average molecular weight is 679 g/mol. The second-order valence-electron chi connectivity index (χ2n) is 9.60. The van der Waals surface area contributed by atoms with Gasteiger partial charge in [0.1, 0.15) is 17.0 Å². The Morgan fingerprint density at radius 3 is 2.42 bits per heavy atom. The monoisotopic (exact) mass is 679 g/mol. The summed E-state index contributed by atoms with van der Waals surface area (Å²) in [6.45, 7) is 1.47. The predicted molar refractivity (Wildman–Crippen MR) is 155 cm³/mol. The van der Waals surface area contributed by atoms with Crippen molar-refractivity contribution in [2.45, 2.75) is 25.8 Å². The number of aryl methyl sites for hydroxylation is 1. The SMILES string of the molecule is Cc1c(=O)n(C)c(Nc2ccc(I)cc2F)c2c(=O)n(C3CC3)c(=O)n(-c3cccc4c3ccn4S(=O)(=O)F)c12. The van der Waals surface area contributed by atoms with Crippen molar-refractivity contribution in [1.29, 1.82) is 0 Å². The normalized spacial score (nSPS) is 13.8. The van der Waals surface area contributed by atoms with Crippen LogP contribution in [-0.2, 0) is 17.5 Å². The maximum absolute atomic E-state index is 14.9. The standard InChI is InChI=1S/C26H20F2IN5O5S/c1-13-22-21(23(31(2)24(13)35)30-18-9-6-14(29)12-17(18)27)25(36)33(15-7-8-15)26(37)34(22)20-5-3-4-19-16(20)10-11-32(19)40(28,38)39/h3-6,9-12,15,30H,7-8H2,1-2H3. The maximum atomic E-state index is 14.9. The molecular weight excluding hydrogens is 659 g/mol. The number of nitrogens with one attached hydrogen (secondary N) is 1. The lowest BCUT2D eigenvalue weighted by molar-refractivity contribution is 0.543. The van der Waals surface area contributed by atoms with Gasteiger partial charge in [-0.1, -0.05) is 9.95 Å². The van der Waals surface area contributed by atoms with Crippen molar-refractivity contribution in [2.24, 2.45) is 7.05 Å². The smallest absolute Gasteiger partial charge is 0.338 e. The van der Waals surface area contributed by atoms with Gasteiger partial charge in [0.25, 0.3) is 11.1 Å². The summed E-state index contributed by atoms with van der Waals surface area (Å²) < 4.78 is 56.9. The summed E-state index contributed by atoms with van der Waals surface area (Å²) in [5, 5.41) is 3.06. The number of fused-ring (bicyclic) bond motifs is 2. The Morgan fingerprint density at radius 2 is 1.77 bits per heavy atom. The molecule has 0 radical (unpaired) electrons. The molecule has 0 aliphatic heterocycles. The molecule has 1 aliphatic carbocycles. The third-order valence-electron chi connectivity index (χ3n) is 7.09. The number of hydrogen-bond donors (Lipinski definition) is 1. The van der Waals surface area contributed by atoms with Gasteiger partial charge in [-0.2, -0.15) is 8.42 Å². The molecule has 10 nitrogen and oxygen atoms in total. The van der Waals surface area contributed by atoms with E-state index in [9.17, 15) is 31.1 Å². The molecule has 0 spiro atoms. The van der Waals surface area contributed by atoms with E-state index in [2.05, 4.69) is 5.32 Å². The highest BCUT2D eigenvalue weighted by atomic mass is 127. The molecule has 0 unspecified atom stereocenters. The summed E-state index contributed by atoms with van der Waals surface area (Å²) in [4.78, 5) is 41.4. The van der Waals surface area contributed by atoms with E-state index in [4.69, 9.17) is 0 Å². The summed E-state index contributed by atoms with van der Waals surface area (Å²) in [7, 11) is -3.71. The second kappa shape index (κ2) is 9.12. The van der Waals surface area contributed by atoms with Gasteiger partial charge in [-0.3, -0.25) is 23.3 Å². The van der Waals surface area contributed by atoms with Crippen molar-refractivity contribution < 1.29 is 16.7 Å². The van der Waals surface area contributed by atoms with Crippen LogP contribution in [0.25, 0.3) is 27.5 Å². The van der Waals surface area contributed by atoms with Gasteiger partial charge >= 0.3 is 16.1 Å². The first-order valence-corrected chi connectivity index (χ1v) is 14.5. The van der Waals surface area contributed by atoms with E-state index < -0.39 is 33.0 Å². The van der Waals surface area contributed by atoms with Crippen molar-refractivity contribution in [3.63, 3.8) is 0 Å². The Labute approximate surface area is 238 Å². The van der Waals surface area contributed by atoms with Crippen LogP contribution >= 0.6 is 22.6 Å². The Balaban J connectivity index is 1.79. The zero-order chi connectivity index (χ0) is 28.7. The number of nitrogens with zero attached hydrogens (tertiary/aromatic N) is 4. The largest absolute Gasteiger partial charge is 0.403 e.